The SMILES string of the molecule is CC(NC(=S)Nc1cnn(Cc2ccc(F)cc2)c1)c1ccccc1. The van der Waals surface area contributed by atoms with Crippen molar-refractivity contribution in [1.29, 1.82) is 0 Å². The van der Waals surface area contributed by atoms with E-state index in [1.807, 2.05) is 24.4 Å². The Morgan fingerprint density at radius 1 is 1.16 bits per heavy atom. The topological polar surface area (TPSA) is 41.9 Å². The van der Waals surface area contributed by atoms with Gasteiger partial charge in [0.15, 0.2) is 5.11 Å². The van der Waals surface area contributed by atoms with Gasteiger partial charge in [-0.1, -0.05) is 42.5 Å². The molecule has 1 aromatic heterocycles. The molecule has 128 valence electrons. The van der Waals surface area contributed by atoms with Crippen molar-refractivity contribution < 1.29 is 4.39 Å². The lowest BCUT2D eigenvalue weighted by atomic mass is 10.1. The molecule has 2 aromatic carbocycles. The molecule has 0 saturated heterocycles. The summed E-state index contributed by atoms with van der Waals surface area (Å²) < 4.78 is 14.7. The first-order valence-electron chi connectivity index (χ1n) is 7.99. The van der Waals surface area contributed by atoms with E-state index in [0.717, 1.165) is 11.3 Å². The number of rotatable bonds is 5. The molecule has 0 aliphatic heterocycles. The molecule has 0 amide bonds. The van der Waals surface area contributed by atoms with Gasteiger partial charge in [0.1, 0.15) is 5.82 Å². The highest BCUT2D eigenvalue weighted by molar-refractivity contribution is 7.80. The lowest BCUT2D eigenvalue weighted by molar-refractivity contribution is 0.624. The molecular formula is C19H19FN4S. The summed E-state index contributed by atoms with van der Waals surface area (Å²) in [5.74, 6) is -0.240. The van der Waals surface area contributed by atoms with Crippen LogP contribution in [0.15, 0.2) is 67.0 Å². The largest absolute Gasteiger partial charge is 0.356 e. The molecule has 0 radical (unpaired) electrons. The zero-order valence-corrected chi connectivity index (χ0v) is 14.6. The summed E-state index contributed by atoms with van der Waals surface area (Å²) in [6, 6.07) is 16.6. The summed E-state index contributed by atoms with van der Waals surface area (Å²) >= 11 is 5.36. The van der Waals surface area contributed by atoms with Gasteiger partial charge in [0.05, 0.1) is 24.5 Å². The number of benzene rings is 2. The van der Waals surface area contributed by atoms with Crippen molar-refractivity contribution >= 4 is 23.0 Å². The van der Waals surface area contributed by atoms with Gasteiger partial charge in [-0.2, -0.15) is 5.10 Å². The fourth-order valence-electron chi connectivity index (χ4n) is 2.48. The lowest BCUT2D eigenvalue weighted by Gasteiger charge is -2.16. The smallest absolute Gasteiger partial charge is 0.171 e. The number of anilines is 1. The van der Waals surface area contributed by atoms with E-state index >= 15 is 0 Å². The molecule has 0 spiro atoms. The van der Waals surface area contributed by atoms with Gasteiger partial charge in [-0.15, -0.1) is 0 Å². The van der Waals surface area contributed by atoms with Crippen molar-refractivity contribution in [2.24, 2.45) is 0 Å². The standard InChI is InChI=1S/C19H19FN4S/c1-14(16-5-3-2-4-6-16)22-19(25)23-18-11-21-24(13-18)12-15-7-9-17(20)10-8-15/h2-11,13-14H,12H2,1H3,(H2,22,23,25). The Morgan fingerprint density at radius 3 is 2.60 bits per heavy atom. The maximum Gasteiger partial charge on any atom is 0.171 e. The van der Waals surface area contributed by atoms with Gasteiger partial charge in [-0.25, -0.2) is 4.39 Å². The number of hydrogen-bond acceptors (Lipinski definition) is 2. The monoisotopic (exact) mass is 354 g/mol. The Labute approximate surface area is 151 Å². The minimum Gasteiger partial charge on any atom is -0.356 e. The number of halogens is 1. The molecule has 6 heteroatoms. The second-order valence-electron chi connectivity index (χ2n) is 5.78. The fourth-order valence-corrected chi connectivity index (χ4v) is 2.77. The third-order valence-electron chi connectivity index (χ3n) is 3.80. The van der Waals surface area contributed by atoms with E-state index in [0.29, 0.717) is 11.7 Å². The van der Waals surface area contributed by atoms with Gasteiger partial charge in [0, 0.05) is 6.20 Å². The van der Waals surface area contributed by atoms with Crippen LogP contribution in [0.1, 0.15) is 24.1 Å². The predicted molar refractivity (Wildman–Crippen MR) is 102 cm³/mol. The first-order chi connectivity index (χ1) is 12.1. The lowest BCUT2D eigenvalue weighted by Crippen LogP contribution is -2.30. The summed E-state index contributed by atoms with van der Waals surface area (Å²) in [6.07, 6.45) is 3.58. The highest BCUT2D eigenvalue weighted by atomic mass is 32.1. The van der Waals surface area contributed by atoms with Gasteiger partial charge in [0.25, 0.3) is 0 Å². The Kier molecular flexibility index (Phi) is 5.40. The Hall–Kier alpha value is -2.73. The average molecular weight is 354 g/mol. The second-order valence-corrected chi connectivity index (χ2v) is 6.19. The molecular weight excluding hydrogens is 335 g/mol. The van der Waals surface area contributed by atoms with Crippen LogP contribution < -0.4 is 10.6 Å². The molecule has 3 aromatic rings. The number of aromatic nitrogens is 2. The maximum absolute atomic E-state index is 12.9. The van der Waals surface area contributed by atoms with E-state index in [1.54, 1.807) is 23.0 Å². The molecule has 3 rings (SSSR count). The van der Waals surface area contributed by atoms with Crippen LogP contribution in [-0.2, 0) is 6.54 Å². The number of nitrogens with zero attached hydrogens (tertiary/aromatic N) is 2. The van der Waals surface area contributed by atoms with Crippen LogP contribution in [0.3, 0.4) is 0 Å². The maximum atomic E-state index is 12.9. The molecule has 4 nitrogen and oxygen atoms in total. The molecule has 0 bridgehead atoms. The van der Waals surface area contributed by atoms with Crippen molar-refractivity contribution in [1.82, 2.24) is 15.1 Å². The summed E-state index contributed by atoms with van der Waals surface area (Å²) in [5, 5.41) is 11.2. The minimum absolute atomic E-state index is 0.107. The average Bonchev–Trinajstić information content (AvgIpc) is 3.04. The Morgan fingerprint density at radius 2 is 1.88 bits per heavy atom. The summed E-state index contributed by atoms with van der Waals surface area (Å²) in [7, 11) is 0. The molecule has 0 fully saturated rings. The predicted octanol–water partition coefficient (Wildman–Crippen LogP) is 4.12. The Bertz CT molecular complexity index is 830. The van der Waals surface area contributed by atoms with Crippen molar-refractivity contribution in [3.63, 3.8) is 0 Å². The van der Waals surface area contributed by atoms with E-state index in [-0.39, 0.29) is 11.9 Å². The summed E-state index contributed by atoms with van der Waals surface area (Å²) in [5.41, 5.74) is 2.95. The van der Waals surface area contributed by atoms with Crippen LogP contribution in [-0.4, -0.2) is 14.9 Å². The van der Waals surface area contributed by atoms with E-state index in [1.165, 1.54) is 17.7 Å². The van der Waals surface area contributed by atoms with Gasteiger partial charge in [0.2, 0.25) is 0 Å². The normalized spacial score (nSPS) is 11.8. The molecule has 2 N–H and O–H groups in total. The molecule has 1 unspecified atom stereocenters. The van der Waals surface area contributed by atoms with Gasteiger partial charge in [-0.05, 0) is 42.4 Å². The van der Waals surface area contributed by atoms with E-state index in [2.05, 4.69) is 34.8 Å². The molecule has 1 atom stereocenters. The molecule has 0 saturated carbocycles. The molecule has 1 heterocycles. The number of thiocarbonyl (C=S) groups is 1. The first-order valence-corrected chi connectivity index (χ1v) is 8.40. The third-order valence-corrected chi connectivity index (χ3v) is 4.02. The molecule has 0 aliphatic carbocycles. The zero-order valence-electron chi connectivity index (χ0n) is 13.8. The van der Waals surface area contributed by atoms with Gasteiger partial charge in [-0.3, -0.25) is 4.68 Å². The van der Waals surface area contributed by atoms with Crippen LogP contribution in [0.4, 0.5) is 10.1 Å². The second kappa shape index (κ2) is 7.90. The van der Waals surface area contributed by atoms with Crippen LogP contribution in [0.5, 0.6) is 0 Å². The van der Waals surface area contributed by atoms with Gasteiger partial charge < -0.3 is 10.6 Å². The quantitative estimate of drug-likeness (QED) is 0.677. The first kappa shape index (κ1) is 17.1. The van der Waals surface area contributed by atoms with Crippen LogP contribution in [0, 0.1) is 5.82 Å². The number of nitrogens with one attached hydrogen (secondary N) is 2. The number of hydrogen-bond donors (Lipinski definition) is 2. The van der Waals surface area contributed by atoms with E-state index in [4.69, 9.17) is 12.2 Å². The molecule has 25 heavy (non-hydrogen) atoms. The third kappa shape index (κ3) is 4.87. The highest BCUT2D eigenvalue weighted by Gasteiger charge is 2.07. The molecule has 0 aliphatic rings. The van der Waals surface area contributed by atoms with Crippen molar-refractivity contribution in [2.75, 3.05) is 5.32 Å². The van der Waals surface area contributed by atoms with Crippen LogP contribution in [0.2, 0.25) is 0 Å². The van der Waals surface area contributed by atoms with Crippen molar-refractivity contribution in [3.05, 3.63) is 83.9 Å². The van der Waals surface area contributed by atoms with E-state index < -0.39 is 0 Å². The Balaban J connectivity index is 1.55. The van der Waals surface area contributed by atoms with Crippen molar-refractivity contribution in [2.45, 2.75) is 19.5 Å². The minimum atomic E-state index is -0.240. The van der Waals surface area contributed by atoms with Crippen molar-refractivity contribution in [3.8, 4) is 0 Å². The zero-order chi connectivity index (χ0) is 17.6. The van der Waals surface area contributed by atoms with Gasteiger partial charge >= 0.3 is 0 Å². The van der Waals surface area contributed by atoms with Crippen LogP contribution in [0.25, 0.3) is 0 Å². The summed E-state index contributed by atoms with van der Waals surface area (Å²) in [6.45, 7) is 2.63. The van der Waals surface area contributed by atoms with Crippen LogP contribution >= 0.6 is 12.2 Å². The van der Waals surface area contributed by atoms with E-state index in [9.17, 15) is 4.39 Å². The highest BCUT2D eigenvalue weighted by Crippen LogP contribution is 2.13. The fraction of sp³-hybridized carbons (Fsp3) is 0.158. The summed E-state index contributed by atoms with van der Waals surface area (Å²) in [4.78, 5) is 0.